The first-order valence-electron chi connectivity index (χ1n) is 11.1. The maximum absolute atomic E-state index is 12.9. The van der Waals surface area contributed by atoms with Crippen molar-refractivity contribution in [1.29, 1.82) is 0 Å². The lowest BCUT2D eigenvalue weighted by Crippen LogP contribution is -2.49. The van der Waals surface area contributed by atoms with Crippen molar-refractivity contribution < 1.29 is 4.79 Å². The normalized spacial score (nSPS) is 18.0. The lowest BCUT2D eigenvalue weighted by atomic mass is 10.1. The highest BCUT2D eigenvalue weighted by Gasteiger charge is 2.24. The third kappa shape index (κ3) is 4.45. The van der Waals surface area contributed by atoms with E-state index in [1.54, 1.807) is 0 Å². The summed E-state index contributed by atoms with van der Waals surface area (Å²) in [4.78, 5) is 40.2. The topological polar surface area (TPSA) is 72.5 Å². The number of hydrogen-bond acceptors (Lipinski definition) is 6. The molecule has 1 aromatic carbocycles. The quantitative estimate of drug-likeness (QED) is 0.619. The number of nitrogens with one attached hydrogen (secondary N) is 1. The van der Waals surface area contributed by atoms with Crippen molar-refractivity contribution in [3.8, 4) is 11.1 Å². The first-order valence-corrected chi connectivity index (χ1v) is 12.3. The molecule has 0 unspecified atom stereocenters. The summed E-state index contributed by atoms with van der Waals surface area (Å²) >= 11 is 7.81. The molecule has 3 aromatic rings. The number of aromatic nitrogens is 2. The summed E-state index contributed by atoms with van der Waals surface area (Å²) in [7, 11) is 0. The molecule has 0 bridgehead atoms. The molecule has 2 aromatic heterocycles. The second kappa shape index (κ2) is 9.31. The summed E-state index contributed by atoms with van der Waals surface area (Å²) in [6, 6.07) is 7.54. The van der Waals surface area contributed by atoms with Crippen LogP contribution >= 0.6 is 22.9 Å². The predicted octanol–water partition coefficient (Wildman–Crippen LogP) is 3.05. The van der Waals surface area contributed by atoms with Gasteiger partial charge in [0.15, 0.2) is 0 Å². The summed E-state index contributed by atoms with van der Waals surface area (Å²) in [6.45, 7) is 6.31. The SMILES string of the molecule is O=C(CN1CCN(Cc2nc3scc(-c4ccccc4Cl)c3c(=O)[nH]2)CC1)N1CCCC1. The van der Waals surface area contributed by atoms with Gasteiger partial charge in [0.1, 0.15) is 10.7 Å². The number of amides is 1. The zero-order valence-corrected chi connectivity index (χ0v) is 19.4. The number of fused-ring (bicyclic) bond motifs is 1. The number of likely N-dealkylation sites (tertiary alicyclic amines) is 1. The fourth-order valence-electron chi connectivity index (χ4n) is 4.52. The van der Waals surface area contributed by atoms with Crippen LogP contribution < -0.4 is 5.56 Å². The summed E-state index contributed by atoms with van der Waals surface area (Å²) in [5.41, 5.74) is 1.54. The maximum atomic E-state index is 12.9. The van der Waals surface area contributed by atoms with Gasteiger partial charge in [-0.2, -0.15) is 0 Å². The number of carbonyl (C=O) groups excluding carboxylic acids is 1. The Morgan fingerprint density at radius 3 is 2.50 bits per heavy atom. The van der Waals surface area contributed by atoms with E-state index in [0.29, 0.717) is 29.3 Å². The minimum absolute atomic E-state index is 0.129. The van der Waals surface area contributed by atoms with Crippen LogP contribution in [0.3, 0.4) is 0 Å². The molecular formula is C23H26ClN5O2S. The number of hydrogen-bond donors (Lipinski definition) is 1. The number of thiophene rings is 1. The zero-order valence-electron chi connectivity index (χ0n) is 17.8. The Morgan fingerprint density at radius 2 is 1.75 bits per heavy atom. The molecule has 1 amide bonds. The number of carbonyl (C=O) groups is 1. The predicted molar refractivity (Wildman–Crippen MR) is 128 cm³/mol. The molecule has 0 radical (unpaired) electrons. The molecule has 7 nitrogen and oxygen atoms in total. The van der Waals surface area contributed by atoms with Crippen molar-refractivity contribution in [3.05, 3.63) is 50.8 Å². The Bertz CT molecular complexity index is 1180. The summed E-state index contributed by atoms with van der Waals surface area (Å²) in [5.74, 6) is 0.927. The van der Waals surface area contributed by atoms with Crippen LogP contribution in [0.4, 0.5) is 0 Å². The molecule has 168 valence electrons. The van der Waals surface area contributed by atoms with Crippen LogP contribution in [0.15, 0.2) is 34.4 Å². The molecule has 0 saturated carbocycles. The van der Waals surface area contributed by atoms with Crippen LogP contribution in [0.2, 0.25) is 5.02 Å². The van der Waals surface area contributed by atoms with Gasteiger partial charge >= 0.3 is 0 Å². The van der Waals surface area contributed by atoms with Crippen LogP contribution in [0.5, 0.6) is 0 Å². The van der Waals surface area contributed by atoms with Gasteiger partial charge in [-0.3, -0.25) is 19.4 Å². The number of benzene rings is 1. The number of nitrogens with zero attached hydrogens (tertiary/aromatic N) is 4. The van der Waals surface area contributed by atoms with Crippen LogP contribution in [0.25, 0.3) is 21.3 Å². The van der Waals surface area contributed by atoms with Gasteiger partial charge in [0.05, 0.1) is 18.5 Å². The summed E-state index contributed by atoms with van der Waals surface area (Å²) < 4.78 is 0. The highest BCUT2D eigenvalue weighted by Crippen LogP contribution is 2.34. The van der Waals surface area contributed by atoms with Crippen molar-refractivity contribution >= 4 is 39.1 Å². The van der Waals surface area contributed by atoms with Crippen molar-refractivity contribution in [2.45, 2.75) is 19.4 Å². The van der Waals surface area contributed by atoms with E-state index in [9.17, 15) is 9.59 Å². The lowest BCUT2D eigenvalue weighted by Gasteiger charge is -2.34. The first-order chi connectivity index (χ1) is 15.6. The summed E-state index contributed by atoms with van der Waals surface area (Å²) in [5, 5.41) is 3.17. The van der Waals surface area contributed by atoms with Crippen molar-refractivity contribution in [1.82, 2.24) is 24.7 Å². The van der Waals surface area contributed by atoms with Gasteiger partial charge in [0.2, 0.25) is 5.91 Å². The molecule has 0 atom stereocenters. The van der Waals surface area contributed by atoms with Gasteiger partial charge in [-0.05, 0) is 18.9 Å². The minimum Gasteiger partial charge on any atom is -0.342 e. The van der Waals surface area contributed by atoms with Crippen molar-refractivity contribution in [2.24, 2.45) is 0 Å². The Kier molecular flexibility index (Phi) is 6.28. The monoisotopic (exact) mass is 471 g/mol. The average molecular weight is 472 g/mol. The van der Waals surface area contributed by atoms with Crippen LogP contribution in [0, 0.1) is 0 Å². The molecule has 32 heavy (non-hydrogen) atoms. The van der Waals surface area contributed by atoms with E-state index in [4.69, 9.17) is 16.6 Å². The van der Waals surface area contributed by atoms with E-state index in [2.05, 4.69) is 14.8 Å². The van der Waals surface area contributed by atoms with Gasteiger partial charge in [-0.25, -0.2) is 4.98 Å². The molecule has 2 aliphatic rings. The summed E-state index contributed by atoms with van der Waals surface area (Å²) in [6.07, 6.45) is 2.25. The number of rotatable bonds is 5. The standard InChI is InChI=1S/C23H26ClN5O2S/c24-18-6-2-1-5-16(18)17-15-32-23-21(17)22(31)25-19(26-23)13-27-9-11-28(12-10-27)14-20(30)29-7-3-4-8-29/h1-2,5-6,15H,3-4,7-14H2,(H,25,26,31). The van der Waals surface area contributed by atoms with Crippen LogP contribution in [-0.4, -0.2) is 76.4 Å². The van der Waals surface area contributed by atoms with Gasteiger partial charge in [0, 0.05) is 60.8 Å². The van der Waals surface area contributed by atoms with E-state index in [1.807, 2.05) is 34.5 Å². The van der Waals surface area contributed by atoms with Gasteiger partial charge in [-0.1, -0.05) is 29.8 Å². The molecule has 4 heterocycles. The zero-order chi connectivity index (χ0) is 22.1. The molecule has 9 heteroatoms. The Balaban J connectivity index is 1.24. The maximum Gasteiger partial charge on any atom is 0.260 e. The molecule has 2 aliphatic heterocycles. The third-order valence-electron chi connectivity index (χ3n) is 6.31. The van der Waals surface area contributed by atoms with Gasteiger partial charge < -0.3 is 9.88 Å². The lowest BCUT2D eigenvalue weighted by molar-refractivity contribution is -0.131. The van der Waals surface area contributed by atoms with Gasteiger partial charge in [-0.15, -0.1) is 11.3 Å². The molecule has 0 aliphatic carbocycles. The average Bonchev–Trinajstić information content (AvgIpc) is 3.46. The smallest absolute Gasteiger partial charge is 0.260 e. The highest BCUT2D eigenvalue weighted by atomic mass is 35.5. The molecule has 0 spiro atoms. The van der Waals surface area contributed by atoms with E-state index in [-0.39, 0.29) is 11.5 Å². The van der Waals surface area contributed by atoms with E-state index in [0.717, 1.165) is 68.1 Å². The van der Waals surface area contributed by atoms with Crippen LogP contribution in [0.1, 0.15) is 18.7 Å². The van der Waals surface area contributed by atoms with E-state index in [1.165, 1.54) is 11.3 Å². The van der Waals surface area contributed by atoms with Crippen LogP contribution in [-0.2, 0) is 11.3 Å². The Hall–Kier alpha value is -2.26. The van der Waals surface area contributed by atoms with E-state index >= 15 is 0 Å². The van der Waals surface area contributed by atoms with Crippen molar-refractivity contribution in [3.63, 3.8) is 0 Å². The number of piperazine rings is 1. The highest BCUT2D eigenvalue weighted by molar-refractivity contribution is 7.17. The molecule has 2 fully saturated rings. The molecular weight excluding hydrogens is 446 g/mol. The second-order valence-corrected chi connectivity index (χ2v) is 9.73. The minimum atomic E-state index is -0.129. The number of H-pyrrole nitrogens is 1. The molecule has 1 N–H and O–H groups in total. The number of aromatic amines is 1. The Labute approximate surface area is 195 Å². The van der Waals surface area contributed by atoms with Crippen molar-refractivity contribution in [2.75, 3.05) is 45.8 Å². The second-order valence-electron chi connectivity index (χ2n) is 8.46. The van der Waals surface area contributed by atoms with E-state index < -0.39 is 0 Å². The fraction of sp³-hybridized carbons (Fsp3) is 0.435. The van der Waals surface area contributed by atoms with Gasteiger partial charge in [0.25, 0.3) is 5.56 Å². The fourth-order valence-corrected chi connectivity index (χ4v) is 5.72. The number of halogens is 1. The first kappa shape index (κ1) is 21.6. The largest absolute Gasteiger partial charge is 0.342 e. The third-order valence-corrected chi connectivity index (χ3v) is 7.51. The molecule has 2 saturated heterocycles. The molecule has 5 rings (SSSR count). The Morgan fingerprint density at radius 1 is 1.03 bits per heavy atom.